The molecule has 0 bridgehead atoms. The highest BCUT2D eigenvalue weighted by Crippen LogP contribution is 2.29. The minimum Gasteiger partial charge on any atom is -0.502 e. The van der Waals surface area contributed by atoms with E-state index < -0.39 is 37.2 Å². The third-order valence-electron chi connectivity index (χ3n) is 2.86. The van der Waals surface area contributed by atoms with Crippen LogP contribution in [-0.2, 0) is 10.0 Å². The lowest BCUT2D eigenvalue weighted by Crippen LogP contribution is -2.15. The molecule has 23 heavy (non-hydrogen) atoms. The van der Waals surface area contributed by atoms with E-state index >= 15 is 0 Å². The highest BCUT2D eigenvalue weighted by Gasteiger charge is 2.22. The minimum absolute atomic E-state index is 0.185. The predicted octanol–water partition coefficient (Wildman–Crippen LogP) is 1.80. The van der Waals surface area contributed by atoms with Crippen molar-refractivity contribution < 1.29 is 28.3 Å². The standard InChI is InChI=1S/C13H10N2O7S/c16-12-6-5-8(7-11(12)15(19)20)23(21,22)14-10-4-2-1-3-9(10)13(17)18/h1-7,14,16H,(H,17,18). The third-order valence-corrected chi connectivity index (χ3v) is 4.22. The third kappa shape index (κ3) is 3.37. The van der Waals surface area contributed by atoms with Gasteiger partial charge in [0.05, 0.1) is 21.1 Å². The molecule has 0 amide bonds. The molecule has 2 aromatic carbocycles. The predicted molar refractivity (Wildman–Crippen MR) is 79.0 cm³/mol. The number of para-hydroxylation sites is 1. The monoisotopic (exact) mass is 338 g/mol. The number of rotatable bonds is 5. The van der Waals surface area contributed by atoms with Crippen LogP contribution in [0.5, 0.6) is 5.75 Å². The van der Waals surface area contributed by atoms with Crippen LogP contribution in [0.15, 0.2) is 47.4 Å². The van der Waals surface area contributed by atoms with E-state index in [-0.39, 0.29) is 11.3 Å². The van der Waals surface area contributed by atoms with Gasteiger partial charge < -0.3 is 10.2 Å². The summed E-state index contributed by atoms with van der Waals surface area (Å²) < 4.78 is 26.6. The van der Waals surface area contributed by atoms with Crippen LogP contribution in [0.2, 0.25) is 0 Å². The lowest BCUT2D eigenvalue weighted by atomic mass is 10.2. The highest BCUT2D eigenvalue weighted by molar-refractivity contribution is 7.92. The summed E-state index contributed by atoms with van der Waals surface area (Å²) in [6.45, 7) is 0. The molecule has 0 heterocycles. The number of sulfonamides is 1. The van der Waals surface area contributed by atoms with E-state index in [1.807, 2.05) is 0 Å². The summed E-state index contributed by atoms with van der Waals surface area (Å²) >= 11 is 0. The Kier molecular flexibility index (Phi) is 4.18. The first-order valence-corrected chi connectivity index (χ1v) is 7.53. The minimum atomic E-state index is -4.27. The van der Waals surface area contributed by atoms with Crippen LogP contribution >= 0.6 is 0 Å². The first-order valence-electron chi connectivity index (χ1n) is 6.05. The number of phenols is 1. The van der Waals surface area contributed by atoms with Gasteiger partial charge in [0.1, 0.15) is 0 Å². The van der Waals surface area contributed by atoms with Gasteiger partial charge in [0.25, 0.3) is 10.0 Å². The van der Waals surface area contributed by atoms with Gasteiger partial charge in [-0.15, -0.1) is 0 Å². The molecule has 0 aliphatic heterocycles. The number of nitrogens with one attached hydrogen (secondary N) is 1. The van der Waals surface area contributed by atoms with Crippen molar-refractivity contribution in [3.05, 3.63) is 58.1 Å². The largest absolute Gasteiger partial charge is 0.502 e. The number of phenolic OH excluding ortho intramolecular Hbond substituents is 1. The fourth-order valence-electron chi connectivity index (χ4n) is 1.78. The number of carboxylic acid groups (broad SMARTS) is 1. The van der Waals surface area contributed by atoms with Crippen LogP contribution < -0.4 is 4.72 Å². The molecule has 0 aliphatic rings. The number of aromatic carboxylic acids is 1. The van der Waals surface area contributed by atoms with Crippen molar-refractivity contribution in [1.82, 2.24) is 0 Å². The van der Waals surface area contributed by atoms with Crippen LogP contribution in [0.25, 0.3) is 0 Å². The van der Waals surface area contributed by atoms with E-state index in [9.17, 15) is 28.4 Å². The van der Waals surface area contributed by atoms with Crippen LogP contribution in [-0.4, -0.2) is 29.5 Å². The summed E-state index contributed by atoms with van der Waals surface area (Å²) in [5, 5.41) is 29.1. The van der Waals surface area contributed by atoms with Gasteiger partial charge in [-0.2, -0.15) is 0 Å². The molecule has 0 saturated carbocycles. The van der Waals surface area contributed by atoms with E-state index in [1.54, 1.807) is 0 Å². The first-order chi connectivity index (χ1) is 10.7. The van der Waals surface area contributed by atoms with Crippen LogP contribution in [0.4, 0.5) is 11.4 Å². The van der Waals surface area contributed by atoms with Crippen molar-refractivity contribution in [2.24, 2.45) is 0 Å². The number of carbonyl (C=O) groups is 1. The number of anilines is 1. The molecule has 9 nitrogen and oxygen atoms in total. The van der Waals surface area contributed by atoms with Crippen molar-refractivity contribution in [2.45, 2.75) is 4.90 Å². The second-order valence-electron chi connectivity index (χ2n) is 4.36. The lowest BCUT2D eigenvalue weighted by molar-refractivity contribution is -0.386. The number of hydrogen-bond acceptors (Lipinski definition) is 6. The van der Waals surface area contributed by atoms with Crippen LogP contribution in [0.3, 0.4) is 0 Å². The van der Waals surface area contributed by atoms with Gasteiger partial charge in [-0.25, -0.2) is 13.2 Å². The number of nitro groups is 1. The molecule has 0 atom stereocenters. The van der Waals surface area contributed by atoms with Crippen LogP contribution in [0, 0.1) is 10.1 Å². The molecule has 3 N–H and O–H groups in total. The van der Waals surface area contributed by atoms with Crippen molar-refractivity contribution >= 4 is 27.4 Å². The average Bonchev–Trinajstić information content (AvgIpc) is 2.47. The van der Waals surface area contributed by atoms with E-state index in [4.69, 9.17) is 5.11 Å². The van der Waals surface area contributed by atoms with Crippen molar-refractivity contribution in [1.29, 1.82) is 0 Å². The summed E-state index contributed by atoms with van der Waals surface area (Å²) in [6, 6.07) is 7.83. The summed E-state index contributed by atoms with van der Waals surface area (Å²) in [4.78, 5) is 20.4. The van der Waals surface area contributed by atoms with E-state index in [1.165, 1.54) is 24.3 Å². The SMILES string of the molecule is O=C(O)c1ccccc1NS(=O)(=O)c1ccc(O)c([N+](=O)[O-])c1. The molecule has 0 aromatic heterocycles. The normalized spacial score (nSPS) is 11.0. The highest BCUT2D eigenvalue weighted by atomic mass is 32.2. The quantitative estimate of drug-likeness (QED) is 0.556. The average molecular weight is 338 g/mol. The Labute approximate surface area is 130 Å². The van der Waals surface area contributed by atoms with Gasteiger partial charge >= 0.3 is 11.7 Å². The maximum absolute atomic E-state index is 12.3. The molecule has 0 fully saturated rings. The zero-order chi connectivity index (χ0) is 17.2. The second-order valence-corrected chi connectivity index (χ2v) is 6.05. The molecule has 0 saturated heterocycles. The Hall–Kier alpha value is -3.14. The fourth-order valence-corrected chi connectivity index (χ4v) is 2.88. The van der Waals surface area contributed by atoms with Gasteiger partial charge in [0, 0.05) is 6.07 Å². The molecule has 2 aromatic rings. The van der Waals surface area contributed by atoms with Gasteiger partial charge in [-0.1, -0.05) is 12.1 Å². The molecule has 2 rings (SSSR count). The number of nitro benzene ring substituents is 1. The second kappa shape index (κ2) is 5.93. The topological polar surface area (TPSA) is 147 Å². The Morgan fingerprint density at radius 1 is 1.17 bits per heavy atom. The number of aromatic hydroxyl groups is 1. The maximum Gasteiger partial charge on any atom is 0.337 e. The molecule has 0 unspecified atom stereocenters. The number of nitrogens with zero attached hydrogens (tertiary/aromatic N) is 1. The zero-order valence-electron chi connectivity index (χ0n) is 11.3. The van der Waals surface area contributed by atoms with Crippen molar-refractivity contribution in [3.63, 3.8) is 0 Å². The van der Waals surface area contributed by atoms with E-state index in [0.29, 0.717) is 6.07 Å². The Morgan fingerprint density at radius 2 is 1.83 bits per heavy atom. The maximum atomic E-state index is 12.3. The number of carboxylic acids is 1. The van der Waals surface area contributed by atoms with Crippen molar-refractivity contribution in [3.8, 4) is 5.75 Å². The van der Waals surface area contributed by atoms with Crippen LogP contribution in [0.1, 0.15) is 10.4 Å². The van der Waals surface area contributed by atoms with Gasteiger partial charge in [0.2, 0.25) is 0 Å². The van der Waals surface area contributed by atoms with Gasteiger partial charge in [0.15, 0.2) is 5.75 Å². The fraction of sp³-hybridized carbons (Fsp3) is 0. The first kappa shape index (κ1) is 16.2. The number of benzene rings is 2. The number of hydrogen-bond donors (Lipinski definition) is 3. The smallest absolute Gasteiger partial charge is 0.337 e. The summed E-state index contributed by atoms with van der Waals surface area (Å²) in [6.07, 6.45) is 0. The summed E-state index contributed by atoms with van der Waals surface area (Å²) in [7, 11) is -4.27. The molecule has 0 spiro atoms. The Balaban J connectivity index is 2.47. The Bertz CT molecular complexity index is 893. The summed E-state index contributed by atoms with van der Waals surface area (Å²) in [5.41, 5.74) is -1.24. The van der Waals surface area contributed by atoms with Crippen molar-refractivity contribution in [2.75, 3.05) is 4.72 Å². The molecular weight excluding hydrogens is 328 g/mol. The molecule has 0 aliphatic carbocycles. The lowest BCUT2D eigenvalue weighted by Gasteiger charge is -2.10. The molecule has 10 heteroatoms. The van der Waals surface area contributed by atoms with E-state index in [0.717, 1.165) is 12.1 Å². The molecule has 120 valence electrons. The zero-order valence-corrected chi connectivity index (χ0v) is 12.1. The van der Waals surface area contributed by atoms with E-state index in [2.05, 4.69) is 4.72 Å². The molecule has 0 radical (unpaired) electrons. The van der Waals surface area contributed by atoms with Gasteiger partial charge in [-0.3, -0.25) is 14.8 Å². The summed E-state index contributed by atoms with van der Waals surface area (Å²) in [5.74, 6) is -2.01. The Morgan fingerprint density at radius 3 is 2.43 bits per heavy atom. The molecular formula is C13H10N2O7S. The van der Waals surface area contributed by atoms with Gasteiger partial charge in [-0.05, 0) is 24.3 Å².